The van der Waals surface area contributed by atoms with Crippen molar-refractivity contribution in [3.8, 4) is 5.75 Å². The van der Waals surface area contributed by atoms with Crippen molar-refractivity contribution in [3.63, 3.8) is 0 Å². The second kappa shape index (κ2) is 2.88. The van der Waals surface area contributed by atoms with E-state index in [-0.39, 0.29) is 5.95 Å². The van der Waals surface area contributed by atoms with Gasteiger partial charge in [-0.15, -0.1) is 5.10 Å². The van der Waals surface area contributed by atoms with Crippen LogP contribution in [0.3, 0.4) is 0 Å². The van der Waals surface area contributed by atoms with Crippen LogP contribution in [0, 0.1) is 0 Å². The second-order valence-electron chi connectivity index (χ2n) is 2.46. The lowest BCUT2D eigenvalue weighted by Crippen LogP contribution is -1.92. The van der Waals surface area contributed by atoms with Gasteiger partial charge in [0.2, 0.25) is 5.95 Å². The van der Waals surface area contributed by atoms with Gasteiger partial charge in [0, 0.05) is 10.7 Å². The van der Waals surface area contributed by atoms with Gasteiger partial charge in [-0.1, -0.05) is 0 Å². The van der Waals surface area contributed by atoms with E-state index in [0.717, 1.165) is 4.47 Å². The van der Waals surface area contributed by atoms with Crippen LogP contribution >= 0.6 is 15.9 Å². The van der Waals surface area contributed by atoms with Crippen LogP contribution in [0.15, 0.2) is 16.7 Å². The molecular formula is C7H7BrN4O. The van der Waals surface area contributed by atoms with Crippen LogP contribution in [-0.4, -0.2) is 21.7 Å². The van der Waals surface area contributed by atoms with Crippen molar-refractivity contribution in [2.24, 2.45) is 0 Å². The summed E-state index contributed by atoms with van der Waals surface area (Å²) in [5.74, 6) is 0.870. The highest BCUT2D eigenvalue weighted by molar-refractivity contribution is 9.10. The third-order valence-electron chi connectivity index (χ3n) is 1.60. The molecule has 13 heavy (non-hydrogen) atoms. The Labute approximate surface area is 82.6 Å². The van der Waals surface area contributed by atoms with Crippen LogP contribution in [0.5, 0.6) is 5.75 Å². The summed E-state index contributed by atoms with van der Waals surface area (Å²) in [5, 5.41) is 3.96. The first kappa shape index (κ1) is 8.31. The number of nitrogen functional groups attached to an aromatic ring is 1. The van der Waals surface area contributed by atoms with Crippen molar-refractivity contribution in [1.29, 1.82) is 0 Å². The molecule has 0 fully saturated rings. The van der Waals surface area contributed by atoms with E-state index in [4.69, 9.17) is 10.5 Å². The number of ether oxygens (including phenoxy) is 1. The van der Waals surface area contributed by atoms with Gasteiger partial charge in [-0.25, -0.2) is 4.52 Å². The summed E-state index contributed by atoms with van der Waals surface area (Å²) in [4.78, 5) is 4.01. The maximum absolute atomic E-state index is 5.45. The van der Waals surface area contributed by atoms with Gasteiger partial charge >= 0.3 is 0 Å². The van der Waals surface area contributed by atoms with Gasteiger partial charge in [-0.2, -0.15) is 4.98 Å². The fraction of sp³-hybridized carbons (Fsp3) is 0.143. The molecule has 0 radical (unpaired) electrons. The SMILES string of the molecule is COc1cc(Br)cn2nc(N)nc12. The van der Waals surface area contributed by atoms with Gasteiger partial charge in [-0.05, 0) is 22.0 Å². The Hall–Kier alpha value is -1.30. The fourth-order valence-electron chi connectivity index (χ4n) is 1.09. The quantitative estimate of drug-likeness (QED) is 0.813. The van der Waals surface area contributed by atoms with Gasteiger partial charge in [-0.3, -0.25) is 0 Å². The average molecular weight is 243 g/mol. The highest BCUT2D eigenvalue weighted by atomic mass is 79.9. The molecule has 0 spiro atoms. The molecule has 0 atom stereocenters. The van der Waals surface area contributed by atoms with E-state index in [1.165, 1.54) is 0 Å². The monoisotopic (exact) mass is 242 g/mol. The van der Waals surface area contributed by atoms with E-state index in [2.05, 4.69) is 26.0 Å². The predicted octanol–water partition coefficient (Wildman–Crippen LogP) is 1.08. The molecular weight excluding hydrogens is 236 g/mol. The van der Waals surface area contributed by atoms with Crippen molar-refractivity contribution in [1.82, 2.24) is 14.6 Å². The number of pyridine rings is 1. The molecule has 0 aliphatic rings. The summed E-state index contributed by atoms with van der Waals surface area (Å²) in [6.07, 6.45) is 1.77. The van der Waals surface area contributed by atoms with E-state index < -0.39 is 0 Å². The molecule has 0 amide bonds. The molecule has 68 valence electrons. The number of aromatic nitrogens is 3. The summed E-state index contributed by atoms with van der Waals surface area (Å²) < 4.78 is 7.54. The van der Waals surface area contributed by atoms with Gasteiger partial charge < -0.3 is 10.5 Å². The lowest BCUT2D eigenvalue weighted by molar-refractivity contribution is 0.416. The zero-order valence-corrected chi connectivity index (χ0v) is 8.45. The van der Waals surface area contributed by atoms with Crippen molar-refractivity contribution >= 4 is 27.5 Å². The number of halogens is 1. The van der Waals surface area contributed by atoms with Gasteiger partial charge in [0.15, 0.2) is 11.4 Å². The number of hydrogen-bond donors (Lipinski definition) is 1. The normalized spacial score (nSPS) is 10.6. The van der Waals surface area contributed by atoms with Crippen LogP contribution in [-0.2, 0) is 0 Å². The molecule has 0 aliphatic heterocycles. The van der Waals surface area contributed by atoms with E-state index in [0.29, 0.717) is 11.4 Å². The summed E-state index contributed by atoms with van der Waals surface area (Å²) in [6, 6.07) is 1.81. The molecule has 2 heterocycles. The standard InChI is InChI=1S/C7H7BrN4O/c1-13-5-2-4(8)3-12-6(5)10-7(9)11-12/h2-3H,1H3,(H2,9,11). The number of rotatable bonds is 1. The third kappa shape index (κ3) is 1.33. The maximum Gasteiger partial charge on any atom is 0.240 e. The molecule has 0 unspecified atom stereocenters. The van der Waals surface area contributed by atoms with Gasteiger partial charge in [0.25, 0.3) is 0 Å². The molecule has 0 aromatic carbocycles. The van der Waals surface area contributed by atoms with Crippen molar-refractivity contribution < 1.29 is 4.74 Å². The highest BCUT2D eigenvalue weighted by Crippen LogP contribution is 2.23. The van der Waals surface area contributed by atoms with E-state index in [1.807, 2.05) is 6.07 Å². The number of methoxy groups -OCH3 is 1. The minimum absolute atomic E-state index is 0.233. The molecule has 5 nitrogen and oxygen atoms in total. The minimum atomic E-state index is 0.233. The zero-order chi connectivity index (χ0) is 9.42. The molecule has 2 rings (SSSR count). The summed E-state index contributed by atoms with van der Waals surface area (Å²) in [6.45, 7) is 0. The molecule has 2 aromatic rings. The molecule has 0 saturated carbocycles. The lowest BCUT2D eigenvalue weighted by atomic mass is 10.4. The number of hydrogen-bond acceptors (Lipinski definition) is 4. The van der Waals surface area contributed by atoms with Crippen molar-refractivity contribution in [2.75, 3.05) is 12.8 Å². The molecule has 2 aromatic heterocycles. The summed E-state index contributed by atoms with van der Waals surface area (Å²) in [7, 11) is 1.58. The van der Waals surface area contributed by atoms with Crippen LogP contribution in [0.1, 0.15) is 0 Å². The maximum atomic E-state index is 5.45. The Bertz CT molecular complexity index is 453. The first-order valence-corrected chi connectivity index (χ1v) is 4.35. The van der Waals surface area contributed by atoms with Crippen molar-refractivity contribution in [3.05, 3.63) is 16.7 Å². The Balaban J connectivity index is 2.80. The number of nitrogens with two attached hydrogens (primary N) is 1. The summed E-state index contributed by atoms with van der Waals surface area (Å²) in [5.41, 5.74) is 6.06. The van der Waals surface area contributed by atoms with Crippen LogP contribution in [0.2, 0.25) is 0 Å². The Morgan fingerprint density at radius 3 is 3.08 bits per heavy atom. The van der Waals surface area contributed by atoms with Crippen LogP contribution < -0.4 is 10.5 Å². The third-order valence-corrected chi connectivity index (χ3v) is 2.04. The smallest absolute Gasteiger partial charge is 0.240 e. The fourth-order valence-corrected chi connectivity index (χ4v) is 1.49. The van der Waals surface area contributed by atoms with Crippen LogP contribution in [0.4, 0.5) is 5.95 Å². The topological polar surface area (TPSA) is 65.4 Å². The number of anilines is 1. The zero-order valence-electron chi connectivity index (χ0n) is 6.86. The highest BCUT2D eigenvalue weighted by Gasteiger charge is 2.07. The van der Waals surface area contributed by atoms with Gasteiger partial charge in [0.05, 0.1) is 7.11 Å². The average Bonchev–Trinajstić information content (AvgIpc) is 2.43. The number of nitrogens with zero attached hydrogens (tertiary/aromatic N) is 3. The van der Waals surface area contributed by atoms with E-state index >= 15 is 0 Å². The molecule has 6 heteroatoms. The largest absolute Gasteiger partial charge is 0.493 e. The van der Waals surface area contributed by atoms with E-state index in [9.17, 15) is 0 Å². The predicted molar refractivity (Wildman–Crippen MR) is 51.7 cm³/mol. The Kier molecular flexibility index (Phi) is 1.84. The first-order chi connectivity index (χ1) is 6.20. The second-order valence-corrected chi connectivity index (χ2v) is 3.38. The molecule has 0 saturated heterocycles. The first-order valence-electron chi connectivity index (χ1n) is 3.56. The van der Waals surface area contributed by atoms with Gasteiger partial charge in [0.1, 0.15) is 0 Å². The Morgan fingerprint density at radius 1 is 1.62 bits per heavy atom. The minimum Gasteiger partial charge on any atom is -0.493 e. The Morgan fingerprint density at radius 2 is 2.38 bits per heavy atom. The summed E-state index contributed by atoms with van der Waals surface area (Å²) >= 11 is 3.32. The van der Waals surface area contributed by atoms with Crippen LogP contribution in [0.25, 0.3) is 5.65 Å². The molecule has 0 bridgehead atoms. The molecule has 0 aliphatic carbocycles. The number of fused-ring (bicyclic) bond motifs is 1. The van der Waals surface area contributed by atoms with E-state index in [1.54, 1.807) is 17.8 Å². The lowest BCUT2D eigenvalue weighted by Gasteiger charge is -2.00. The molecule has 2 N–H and O–H groups in total. The van der Waals surface area contributed by atoms with Crippen molar-refractivity contribution in [2.45, 2.75) is 0 Å².